The van der Waals surface area contributed by atoms with Gasteiger partial charge in [-0.25, -0.2) is 5.43 Å². The summed E-state index contributed by atoms with van der Waals surface area (Å²) in [5.74, 6) is -0.123. The molecule has 0 radical (unpaired) electrons. The summed E-state index contributed by atoms with van der Waals surface area (Å²) in [5.41, 5.74) is 5.67. The number of hydrogen-bond donors (Lipinski definition) is 1. The Balaban J connectivity index is 1.50. The monoisotopic (exact) mass is 323 g/mol. The highest BCUT2D eigenvalue weighted by Gasteiger charge is 2.10. The molecule has 1 heterocycles. The van der Waals surface area contributed by atoms with Gasteiger partial charge in [-0.05, 0) is 23.3 Å². The molecule has 0 spiro atoms. The Kier molecular flexibility index (Phi) is 5.58. The number of carbonyl (C=O) groups is 1. The normalized spacial score (nSPS) is 14.8. The van der Waals surface area contributed by atoms with Crippen LogP contribution in [-0.2, 0) is 16.0 Å². The minimum Gasteiger partial charge on any atom is -0.378 e. The summed E-state index contributed by atoms with van der Waals surface area (Å²) in [7, 11) is 0. The molecule has 2 aromatic carbocycles. The number of hydrazone groups is 1. The lowest BCUT2D eigenvalue weighted by Crippen LogP contribution is -2.36. The van der Waals surface area contributed by atoms with Crippen LogP contribution in [0.15, 0.2) is 59.7 Å². The number of nitrogens with zero attached hydrogens (tertiary/aromatic N) is 2. The van der Waals surface area contributed by atoms with Gasteiger partial charge in [0.25, 0.3) is 0 Å². The fourth-order valence-corrected chi connectivity index (χ4v) is 2.59. The molecule has 0 unspecified atom stereocenters. The standard InChI is InChI=1S/C19H21N3O2/c23-19(14-16-4-2-1-3-5-16)21-20-15-17-6-8-18(9-7-17)22-10-12-24-13-11-22/h1-9,15H,10-14H2,(H,21,23)/b20-15-. The quantitative estimate of drug-likeness (QED) is 0.678. The summed E-state index contributed by atoms with van der Waals surface area (Å²) >= 11 is 0. The Labute approximate surface area is 141 Å². The van der Waals surface area contributed by atoms with Gasteiger partial charge in [0, 0.05) is 18.8 Å². The Bertz CT molecular complexity index is 678. The van der Waals surface area contributed by atoms with Gasteiger partial charge < -0.3 is 9.64 Å². The van der Waals surface area contributed by atoms with Crippen molar-refractivity contribution in [2.75, 3.05) is 31.2 Å². The SMILES string of the molecule is O=C(Cc1ccccc1)N/N=C\c1ccc(N2CCOCC2)cc1. The first-order valence-electron chi connectivity index (χ1n) is 8.10. The topological polar surface area (TPSA) is 53.9 Å². The second-order valence-corrected chi connectivity index (χ2v) is 5.65. The van der Waals surface area contributed by atoms with Crippen LogP contribution in [0.1, 0.15) is 11.1 Å². The third kappa shape index (κ3) is 4.67. The van der Waals surface area contributed by atoms with Crippen LogP contribution in [0.25, 0.3) is 0 Å². The average molecular weight is 323 g/mol. The lowest BCUT2D eigenvalue weighted by molar-refractivity contribution is -0.120. The molecule has 5 nitrogen and oxygen atoms in total. The summed E-state index contributed by atoms with van der Waals surface area (Å²) in [5, 5.41) is 4.02. The molecule has 0 bridgehead atoms. The van der Waals surface area contributed by atoms with Crippen LogP contribution in [0.4, 0.5) is 5.69 Å². The third-order valence-corrected chi connectivity index (χ3v) is 3.88. The molecule has 3 rings (SSSR count). The Morgan fingerprint density at radius 2 is 1.79 bits per heavy atom. The maximum atomic E-state index is 11.8. The first-order chi connectivity index (χ1) is 11.8. The number of carbonyl (C=O) groups excluding carboxylic acids is 1. The smallest absolute Gasteiger partial charge is 0.244 e. The van der Waals surface area contributed by atoms with Crippen molar-refractivity contribution in [1.82, 2.24) is 5.43 Å². The van der Waals surface area contributed by atoms with E-state index in [1.54, 1.807) is 6.21 Å². The van der Waals surface area contributed by atoms with Crippen LogP contribution >= 0.6 is 0 Å². The molecule has 124 valence electrons. The molecule has 1 fully saturated rings. The van der Waals surface area contributed by atoms with Crippen LogP contribution in [0.2, 0.25) is 0 Å². The van der Waals surface area contributed by atoms with Gasteiger partial charge in [-0.2, -0.15) is 5.10 Å². The lowest BCUT2D eigenvalue weighted by Gasteiger charge is -2.28. The number of benzene rings is 2. The lowest BCUT2D eigenvalue weighted by atomic mass is 10.1. The van der Waals surface area contributed by atoms with Crippen LogP contribution in [-0.4, -0.2) is 38.4 Å². The van der Waals surface area contributed by atoms with E-state index in [9.17, 15) is 4.79 Å². The van der Waals surface area contributed by atoms with Crippen LogP contribution in [0.5, 0.6) is 0 Å². The minimum absolute atomic E-state index is 0.123. The minimum atomic E-state index is -0.123. The number of morpholine rings is 1. The van der Waals surface area contributed by atoms with E-state index in [0.717, 1.165) is 37.4 Å². The Morgan fingerprint density at radius 1 is 1.08 bits per heavy atom. The molecule has 1 N–H and O–H groups in total. The Morgan fingerprint density at radius 3 is 2.50 bits per heavy atom. The van der Waals surface area contributed by atoms with Crippen molar-refractivity contribution in [2.24, 2.45) is 5.10 Å². The number of ether oxygens (including phenoxy) is 1. The average Bonchev–Trinajstić information content (AvgIpc) is 2.64. The number of amides is 1. The van der Waals surface area contributed by atoms with Crippen molar-refractivity contribution in [2.45, 2.75) is 6.42 Å². The molecule has 1 saturated heterocycles. The van der Waals surface area contributed by atoms with Gasteiger partial charge in [-0.3, -0.25) is 4.79 Å². The third-order valence-electron chi connectivity index (χ3n) is 3.88. The molecule has 1 aliphatic heterocycles. The van der Waals surface area contributed by atoms with Crippen molar-refractivity contribution in [3.8, 4) is 0 Å². The summed E-state index contributed by atoms with van der Waals surface area (Å²) in [6.45, 7) is 3.39. The molecular formula is C19H21N3O2. The van der Waals surface area contributed by atoms with E-state index in [2.05, 4.69) is 27.6 Å². The summed E-state index contributed by atoms with van der Waals surface area (Å²) in [6, 6.07) is 17.7. The fourth-order valence-electron chi connectivity index (χ4n) is 2.59. The van der Waals surface area contributed by atoms with Crippen LogP contribution in [0.3, 0.4) is 0 Å². The second-order valence-electron chi connectivity index (χ2n) is 5.65. The van der Waals surface area contributed by atoms with Gasteiger partial charge in [-0.1, -0.05) is 42.5 Å². The van der Waals surface area contributed by atoms with Crippen molar-refractivity contribution >= 4 is 17.8 Å². The Hall–Kier alpha value is -2.66. The van der Waals surface area contributed by atoms with Crippen molar-refractivity contribution in [3.05, 3.63) is 65.7 Å². The zero-order chi connectivity index (χ0) is 16.6. The largest absolute Gasteiger partial charge is 0.378 e. The van der Waals surface area contributed by atoms with Gasteiger partial charge in [-0.15, -0.1) is 0 Å². The number of anilines is 1. The molecule has 0 atom stereocenters. The molecule has 1 amide bonds. The highest BCUT2D eigenvalue weighted by Crippen LogP contribution is 2.15. The summed E-state index contributed by atoms with van der Waals surface area (Å²) < 4.78 is 5.36. The van der Waals surface area contributed by atoms with E-state index in [-0.39, 0.29) is 5.91 Å². The van der Waals surface area contributed by atoms with Gasteiger partial charge in [0.05, 0.1) is 25.8 Å². The molecule has 0 saturated carbocycles. The molecule has 0 aliphatic carbocycles. The summed E-state index contributed by atoms with van der Waals surface area (Å²) in [6.07, 6.45) is 1.99. The van der Waals surface area contributed by atoms with E-state index in [0.29, 0.717) is 6.42 Å². The highest BCUT2D eigenvalue weighted by atomic mass is 16.5. The predicted octanol–water partition coefficient (Wildman–Crippen LogP) is 2.22. The molecule has 5 heteroatoms. The summed E-state index contributed by atoms with van der Waals surface area (Å²) in [4.78, 5) is 14.1. The van der Waals surface area contributed by atoms with Crippen molar-refractivity contribution < 1.29 is 9.53 Å². The van der Waals surface area contributed by atoms with Gasteiger partial charge in [0.1, 0.15) is 0 Å². The fraction of sp³-hybridized carbons (Fsp3) is 0.263. The number of rotatable bonds is 5. The first-order valence-corrected chi connectivity index (χ1v) is 8.10. The van der Waals surface area contributed by atoms with E-state index >= 15 is 0 Å². The molecular weight excluding hydrogens is 302 g/mol. The van der Waals surface area contributed by atoms with Gasteiger partial charge >= 0.3 is 0 Å². The maximum Gasteiger partial charge on any atom is 0.244 e. The van der Waals surface area contributed by atoms with Gasteiger partial charge in [0.15, 0.2) is 0 Å². The van der Waals surface area contributed by atoms with E-state index in [1.807, 2.05) is 42.5 Å². The molecule has 1 aliphatic rings. The van der Waals surface area contributed by atoms with E-state index < -0.39 is 0 Å². The van der Waals surface area contributed by atoms with Gasteiger partial charge in [0.2, 0.25) is 5.91 Å². The van der Waals surface area contributed by atoms with E-state index in [4.69, 9.17) is 4.74 Å². The van der Waals surface area contributed by atoms with Crippen molar-refractivity contribution in [3.63, 3.8) is 0 Å². The highest BCUT2D eigenvalue weighted by molar-refractivity contribution is 5.83. The van der Waals surface area contributed by atoms with Crippen LogP contribution < -0.4 is 10.3 Å². The maximum absolute atomic E-state index is 11.8. The zero-order valence-corrected chi connectivity index (χ0v) is 13.5. The van der Waals surface area contributed by atoms with E-state index in [1.165, 1.54) is 5.69 Å². The van der Waals surface area contributed by atoms with Crippen molar-refractivity contribution in [1.29, 1.82) is 0 Å². The second kappa shape index (κ2) is 8.26. The molecule has 24 heavy (non-hydrogen) atoms. The number of hydrogen-bond acceptors (Lipinski definition) is 4. The van der Waals surface area contributed by atoms with Crippen LogP contribution in [0, 0.1) is 0 Å². The number of nitrogens with one attached hydrogen (secondary N) is 1. The first kappa shape index (κ1) is 16.2. The molecule has 2 aromatic rings. The predicted molar refractivity (Wildman–Crippen MR) is 95.4 cm³/mol. The zero-order valence-electron chi connectivity index (χ0n) is 13.5. The molecule has 0 aromatic heterocycles.